The van der Waals surface area contributed by atoms with Gasteiger partial charge in [0.15, 0.2) is 10.7 Å². The maximum Gasteiger partial charge on any atom is 0.363 e. The maximum absolute atomic E-state index is 12.5. The molecule has 1 aromatic carbocycles. The third-order valence-corrected chi connectivity index (χ3v) is 5.04. The molecule has 0 saturated carbocycles. The van der Waals surface area contributed by atoms with E-state index >= 15 is 0 Å². The summed E-state index contributed by atoms with van der Waals surface area (Å²) in [5.74, 6) is -0.359. The molecule has 4 rings (SSSR count). The highest BCUT2D eigenvalue weighted by molar-refractivity contribution is 7.15. The molecule has 0 atom stereocenters. The van der Waals surface area contributed by atoms with Crippen molar-refractivity contribution in [3.63, 3.8) is 0 Å². The molecule has 0 aliphatic heterocycles. The number of aromatic nitrogens is 4. The number of hydrogen-bond donors (Lipinski definition) is 0. The van der Waals surface area contributed by atoms with E-state index in [1.54, 1.807) is 10.9 Å². The number of esters is 1. The summed E-state index contributed by atoms with van der Waals surface area (Å²) in [6, 6.07) is 10.7. The van der Waals surface area contributed by atoms with Crippen LogP contribution in [0.2, 0.25) is 0 Å². The molecular formula is C19H16N4O4S. The third kappa shape index (κ3) is 3.27. The molecular weight excluding hydrogens is 380 g/mol. The van der Waals surface area contributed by atoms with Gasteiger partial charge in [-0.1, -0.05) is 18.2 Å². The summed E-state index contributed by atoms with van der Waals surface area (Å²) in [5.41, 5.74) is 1.82. The van der Waals surface area contributed by atoms with Crippen LogP contribution in [0.15, 0.2) is 52.8 Å². The van der Waals surface area contributed by atoms with E-state index in [9.17, 15) is 9.59 Å². The van der Waals surface area contributed by atoms with Crippen LogP contribution in [0.4, 0.5) is 0 Å². The monoisotopic (exact) mass is 396 g/mol. The summed E-state index contributed by atoms with van der Waals surface area (Å²) >= 11 is 1.36. The van der Waals surface area contributed by atoms with Crippen LogP contribution in [0.3, 0.4) is 0 Å². The minimum Gasteiger partial charge on any atom is -0.493 e. The molecule has 3 heterocycles. The van der Waals surface area contributed by atoms with Crippen molar-refractivity contribution in [1.82, 2.24) is 19.2 Å². The number of para-hydroxylation sites is 1. The van der Waals surface area contributed by atoms with Gasteiger partial charge >= 0.3 is 5.97 Å². The lowest BCUT2D eigenvalue weighted by atomic mass is 10.3. The van der Waals surface area contributed by atoms with Crippen LogP contribution in [0.25, 0.3) is 10.6 Å². The predicted octanol–water partition coefficient (Wildman–Crippen LogP) is 2.62. The minimum atomic E-state index is -0.657. The van der Waals surface area contributed by atoms with Crippen molar-refractivity contribution >= 4 is 22.3 Å². The number of fused-ring (bicyclic) bond motifs is 1. The first-order valence-corrected chi connectivity index (χ1v) is 9.28. The summed E-state index contributed by atoms with van der Waals surface area (Å²) in [6.07, 6.45) is 1.61. The molecule has 0 bridgehead atoms. The van der Waals surface area contributed by atoms with Gasteiger partial charge in [0, 0.05) is 17.1 Å². The molecule has 8 nitrogen and oxygen atoms in total. The van der Waals surface area contributed by atoms with Crippen LogP contribution in [-0.4, -0.2) is 32.2 Å². The first-order valence-electron chi connectivity index (χ1n) is 8.40. The fourth-order valence-corrected chi connectivity index (χ4v) is 3.64. The van der Waals surface area contributed by atoms with Gasteiger partial charge in [-0.05, 0) is 19.1 Å². The zero-order valence-corrected chi connectivity index (χ0v) is 16.0. The van der Waals surface area contributed by atoms with Crippen molar-refractivity contribution in [1.29, 1.82) is 0 Å². The number of benzene rings is 1. The smallest absolute Gasteiger partial charge is 0.363 e. The minimum absolute atomic E-state index is 0.0520. The van der Waals surface area contributed by atoms with Gasteiger partial charge in [0.25, 0.3) is 5.56 Å². The number of ether oxygens (including phenoxy) is 2. The Morgan fingerprint density at radius 2 is 2.04 bits per heavy atom. The molecule has 0 spiro atoms. The van der Waals surface area contributed by atoms with E-state index < -0.39 is 5.97 Å². The summed E-state index contributed by atoms with van der Waals surface area (Å²) in [6.45, 7) is 1.70. The lowest BCUT2D eigenvalue weighted by Crippen LogP contribution is -2.16. The molecule has 0 saturated heterocycles. The normalized spacial score (nSPS) is 10.9. The predicted molar refractivity (Wildman–Crippen MR) is 103 cm³/mol. The highest BCUT2D eigenvalue weighted by Gasteiger charge is 2.20. The molecule has 0 aliphatic carbocycles. The van der Waals surface area contributed by atoms with Crippen LogP contribution in [-0.2, 0) is 11.3 Å². The Bertz CT molecular complexity index is 1210. The van der Waals surface area contributed by atoms with Crippen molar-refractivity contribution in [2.24, 2.45) is 0 Å². The molecule has 4 aromatic rings. The van der Waals surface area contributed by atoms with Crippen molar-refractivity contribution in [2.45, 2.75) is 13.5 Å². The first kappa shape index (κ1) is 17.9. The molecule has 0 fully saturated rings. The lowest BCUT2D eigenvalue weighted by Gasteiger charge is -2.04. The molecule has 0 radical (unpaired) electrons. The summed E-state index contributed by atoms with van der Waals surface area (Å²) in [5, 5.41) is 6.12. The molecule has 0 unspecified atom stereocenters. The Morgan fingerprint density at radius 3 is 2.79 bits per heavy atom. The van der Waals surface area contributed by atoms with Crippen LogP contribution >= 0.6 is 11.3 Å². The zero-order chi connectivity index (χ0) is 19.7. The quantitative estimate of drug-likeness (QED) is 0.482. The molecule has 0 aliphatic rings. The van der Waals surface area contributed by atoms with E-state index in [4.69, 9.17) is 9.47 Å². The van der Waals surface area contributed by atoms with Crippen LogP contribution in [0, 0.1) is 6.92 Å². The van der Waals surface area contributed by atoms with E-state index in [0.29, 0.717) is 16.4 Å². The van der Waals surface area contributed by atoms with E-state index in [-0.39, 0.29) is 17.9 Å². The number of rotatable bonds is 5. The van der Waals surface area contributed by atoms with Gasteiger partial charge in [-0.3, -0.25) is 9.20 Å². The number of nitrogens with zero attached hydrogens (tertiary/aromatic N) is 4. The second-order valence-electron chi connectivity index (χ2n) is 5.98. The van der Waals surface area contributed by atoms with Gasteiger partial charge in [0.1, 0.15) is 6.61 Å². The Kier molecular flexibility index (Phi) is 4.66. The molecule has 0 amide bonds. The fraction of sp³-hybridized carbons (Fsp3) is 0.158. The maximum atomic E-state index is 12.5. The average molecular weight is 396 g/mol. The Hall–Kier alpha value is -3.46. The van der Waals surface area contributed by atoms with E-state index in [1.807, 2.05) is 42.6 Å². The highest BCUT2D eigenvalue weighted by Crippen LogP contribution is 2.21. The summed E-state index contributed by atoms with van der Waals surface area (Å²) in [4.78, 5) is 29.6. The van der Waals surface area contributed by atoms with Crippen molar-refractivity contribution in [2.75, 3.05) is 7.11 Å². The standard InChI is InChI=1S/C19H16N4O4S/c1-12-11-28-19-20-13(8-16(24)23(12)19)10-27-18(25)17-15(26-2)9-22(21-17)14-6-4-3-5-7-14/h3-9,11H,10H2,1-2H3. The van der Waals surface area contributed by atoms with Crippen molar-refractivity contribution in [3.8, 4) is 11.4 Å². The van der Waals surface area contributed by atoms with Gasteiger partial charge in [-0.2, -0.15) is 5.10 Å². The molecule has 0 N–H and O–H groups in total. The second kappa shape index (κ2) is 7.28. The van der Waals surface area contributed by atoms with Crippen LogP contribution in [0.1, 0.15) is 21.9 Å². The number of hydrogen-bond acceptors (Lipinski definition) is 7. The SMILES string of the molecule is COc1cn(-c2ccccc2)nc1C(=O)OCc1cc(=O)n2c(C)csc2n1. The largest absolute Gasteiger partial charge is 0.493 e. The summed E-state index contributed by atoms with van der Waals surface area (Å²) in [7, 11) is 1.46. The van der Waals surface area contributed by atoms with Crippen LogP contribution < -0.4 is 10.3 Å². The molecule has 28 heavy (non-hydrogen) atoms. The van der Waals surface area contributed by atoms with Gasteiger partial charge < -0.3 is 9.47 Å². The van der Waals surface area contributed by atoms with Gasteiger partial charge in [-0.15, -0.1) is 11.3 Å². The summed E-state index contributed by atoms with van der Waals surface area (Å²) < 4.78 is 13.6. The van der Waals surface area contributed by atoms with Crippen LogP contribution in [0.5, 0.6) is 5.75 Å². The Balaban J connectivity index is 1.56. The second-order valence-corrected chi connectivity index (χ2v) is 6.82. The average Bonchev–Trinajstić information content (AvgIpc) is 3.31. The highest BCUT2D eigenvalue weighted by atomic mass is 32.1. The first-order chi connectivity index (χ1) is 13.6. The number of aryl methyl sites for hydroxylation is 1. The van der Waals surface area contributed by atoms with Crippen molar-refractivity contribution < 1.29 is 14.3 Å². The fourth-order valence-electron chi connectivity index (χ4n) is 2.74. The number of carbonyl (C=O) groups is 1. The number of thiazole rings is 1. The van der Waals surface area contributed by atoms with E-state index in [1.165, 1.54) is 28.9 Å². The van der Waals surface area contributed by atoms with E-state index in [0.717, 1.165) is 11.4 Å². The lowest BCUT2D eigenvalue weighted by molar-refractivity contribution is 0.0456. The Morgan fingerprint density at radius 1 is 1.25 bits per heavy atom. The molecule has 3 aromatic heterocycles. The zero-order valence-electron chi connectivity index (χ0n) is 15.2. The van der Waals surface area contributed by atoms with Gasteiger partial charge in [0.05, 0.1) is 24.7 Å². The van der Waals surface area contributed by atoms with Crippen molar-refractivity contribution in [3.05, 3.63) is 75.4 Å². The van der Waals surface area contributed by atoms with Gasteiger partial charge in [0.2, 0.25) is 5.69 Å². The third-order valence-electron chi connectivity index (χ3n) is 4.09. The number of carbonyl (C=O) groups excluding carboxylic acids is 1. The Labute approximate surface area is 163 Å². The van der Waals surface area contributed by atoms with Gasteiger partial charge in [-0.25, -0.2) is 14.5 Å². The topological polar surface area (TPSA) is 87.7 Å². The van der Waals surface area contributed by atoms with E-state index in [2.05, 4.69) is 10.1 Å². The molecule has 142 valence electrons. The molecule has 9 heteroatoms. The number of methoxy groups -OCH3 is 1.